The van der Waals surface area contributed by atoms with Gasteiger partial charge in [0, 0.05) is 43.3 Å². The quantitative estimate of drug-likeness (QED) is 0.0912. The zero-order valence-corrected chi connectivity index (χ0v) is 28.2. The number of nitriles is 1. The number of halogens is 4. The van der Waals surface area contributed by atoms with E-state index in [0.29, 0.717) is 29.5 Å². The van der Waals surface area contributed by atoms with E-state index in [-0.39, 0.29) is 65.8 Å². The van der Waals surface area contributed by atoms with Crippen LogP contribution >= 0.6 is 0 Å². The first-order chi connectivity index (χ1) is 24.3. The fraction of sp³-hybridized carbons (Fsp3) is 0.351. The average molecular weight is 712 g/mol. The van der Waals surface area contributed by atoms with Gasteiger partial charge in [0.2, 0.25) is 17.1 Å². The zero-order chi connectivity index (χ0) is 36.9. The highest BCUT2D eigenvalue weighted by Crippen LogP contribution is 2.45. The summed E-state index contributed by atoms with van der Waals surface area (Å²) in [6.45, 7) is 1.47. The average Bonchev–Trinajstić information content (AvgIpc) is 3.47. The lowest BCUT2D eigenvalue weighted by atomic mass is 9.90. The minimum atomic E-state index is -5.07. The number of ether oxygens (including phenoxy) is 4. The zero-order valence-electron chi connectivity index (χ0n) is 28.2. The summed E-state index contributed by atoms with van der Waals surface area (Å²) in [5.41, 5.74) is -2.02. The van der Waals surface area contributed by atoms with Crippen molar-refractivity contribution in [1.29, 1.82) is 5.26 Å². The number of nitrogens with zero attached hydrogens (tertiary/aromatic N) is 3. The van der Waals surface area contributed by atoms with Gasteiger partial charge in [-0.25, -0.2) is 9.18 Å². The van der Waals surface area contributed by atoms with E-state index in [1.807, 2.05) is 6.07 Å². The molecule has 1 aliphatic rings. The van der Waals surface area contributed by atoms with Crippen molar-refractivity contribution in [3.63, 3.8) is 0 Å². The third kappa shape index (κ3) is 8.05. The van der Waals surface area contributed by atoms with Crippen LogP contribution in [0.4, 0.5) is 17.6 Å². The Morgan fingerprint density at radius 2 is 1.69 bits per heavy atom. The fourth-order valence-corrected chi connectivity index (χ4v) is 6.18. The lowest BCUT2D eigenvalue weighted by Gasteiger charge is -2.39. The summed E-state index contributed by atoms with van der Waals surface area (Å²) < 4.78 is 82.4. The Kier molecular flexibility index (Phi) is 11.1. The Hall–Kier alpha value is -5.26. The number of hydrogen-bond donors (Lipinski definition) is 2. The standard InChI is InChI=1S/C37H37F4N3O7/c1-4-50-33(35(45)46)18-25-16-31(48-2)34(32(17-25)49-3)51-27-11-13-43(14-12-27)22-36(47,37(39,40)41)29-21-44(20-23-5-8-26(38)9-6-23)30-15-24(19-42)7-10-28(29)30/h5-10,15-18,21,27,47H,4,11-14,20,22H2,1-3H3,(H,45,46)/b33-18+. The highest BCUT2D eigenvalue weighted by atomic mass is 19.4. The molecule has 0 bridgehead atoms. The van der Waals surface area contributed by atoms with Crippen LogP contribution in [0, 0.1) is 17.1 Å². The summed E-state index contributed by atoms with van der Waals surface area (Å²) in [6, 6.07) is 14.9. The molecule has 0 saturated carbocycles. The van der Waals surface area contributed by atoms with Crippen LogP contribution in [0.5, 0.6) is 17.2 Å². The van der Waals surface area contributed by atoms with Gasteiger partial charge in [0.25, 0.3) is 0 Å². The van der Waals surface area contributed by atoms with Crippen molar-refractivity contribution in [2.45, 2.75) is 44.2 Å². The monoisotopic (exact) mass is 711 g/mol. The minimum Gasteiger partial charge on any atom is -0.493 e. The van der Waals surface area contributed by atoms with Crippen molar-refractivity contribution >= 4 is 22.9 Å². The molecule has 0 aliphatic carbocycles. The van der Waals surface area contributed by atoms with Crippen LogP contribution in [-0.4, -0.2) is 78.4 Å². The molecule has 2 N–H and O–H groups in total. The molecule has 0 spiro atoms. The number of β-amino-alcohol motifs (C(OH)–C–C–N with tert-alkyl or cyclic N) is 1. The Balaban J connectivity index is 1.38. The van der Waals surface area contributed by atoms with Crippen molar-refractivity contribution < 1.29 is 51.5 Å². The molecule has 51 heavy (non-hydrogen) atoms. The first-order valence-corrected chi connectivity index (χ1v) is 16.1. The SMILES string of the molecule is CCO/C(=C/c1cc(OC)c(OC2CCN(CC(O)(c3cn(Cc4ccc(F)cc4)c4cc(C#N)ccc34)C(F)(F)F)CC2)c(OC)c1)C(=O)O. The minimum absolute atomic E-state index is 0.0831. The molecule has 1 saturated heterocycles. The number of carboxylic acids is 1. The van der Waals surface area contributed by atoms with Crippen LogP contribution in [0.15, 0.2) is 66.6 Å². The first-order valence-electron chi connectivity index (χ1n) is 16.1. The van der Waals surface area contributed by atoms with Gasteiger partial charge in [-0.1, -0.05) is 18.2 Å². The second-order valence-corrected chi connectivity index (χ2v) is 12.1. The number of likely N-dealkylation sites (tertiary alicyclic amines) is 1. The van der Waals surface area contributed by atoms with Gasteiger partial charge < -0.3 is 33.7 Å². The number of aromatic nitrogens is 1. The summed E-state index contributed by atoms with van der Waals surface area (Å²) >= 11 is 0. The molecule has 0 radical (unpaired) electrons. The Labute approximate surface area is 291 Å². The topological polar surface area (TPSA) is 126 Å². The molecule has 1 fully saturated rings. The molecule has 1 atom stereocenters. The number of alkyl halides is 3. The van der Waals surface area contributed by atoms with Crippen LogP contribution in [0.3, 0.4) is 0 Å². The van der Waals surface area contributed by atoms with Gasteiger partial charge in [-0.05, 0) is 73.4 Å². The molecule has 1 aliphatic heterocycles. The molecule has 14 heteroatoms. The van der Waals surface area contributed by atoms with Crippen LogP contribution in [0.2, 0.25) is 0 Å². The van der Waals surface area contributed by atoms with Gasteiger partial charge in [0.05, 0.1) is 38.0 Å². The summed E-state index contributed by atoms with van der Waals surface area (Å²) in [5.74, 6) is -1.21. The van der Waals surface area contributed by atoms with Gasteiger partial charge in [-0.2, -0.15) is 18.4 Å². The number of aliphatic carboxylic acids is 1. The predicted molar refractivity (Wildman–Crippen MR) is 179 cm³/mol. The Morgan fingerprint density at radius 3 is 2.24 bits per heavy atom. The van der Waals surface area contributed by atoms with Crippen molar-refractivity contribution in [2.24, 2.45) is 0 Å². The fourth-order valence-electron chi connectivity index (χ4n) is 6.18. The van der Waals surface area contributed by atoms with Crippen molar-refractivity contribution in [3.8, 4) is 23.3 Å². The van der Waals surface area contributed by atoms with Gasteiger partial charge in [0.15, 0.2) is 11.5 Å². The Morgan fingerprint density at radius 1 is 1.04 bits per heavy atom. The van der Waals surface area contributed by atoms with E-state index in [1.54, 1.807) is 19.1 Å². The highest BCUT2D eigenvalue weighted by molar-refractivity contribution is 5.90. The molecule has 5 rings (SSSR count). The molecule has 1 unspecified atom stereocenters. The number of aliphatic hydroxyl groups is 1. The maximum Gasteiger partial charge on any atom is 0.422 e. The molecule has 2 heterocycles. The van der Waals surface area contributed by atoms with E-state index in [9.17, 15) is 37.8 Å². The summed E-state index contributed by atoms with van der Waals surface area (Å²) in [7, 11) is 2.82. The van der Waals surface area contributed by atoms with Gasteiger partial charge in [-0.15, -0.1) is 0 Å². The van der Waals surface area contributed by atoms with E-state index in [1.165, 1.54) is 78.4 Å². The summed E-state index contributed by atoms with van der Waals surface area (Å²) in [4.78, 5) is 13.1. The van der Waals surface area contributed by atoms with E-state index in [4.69, 9.17) is 18.9 Å². The third-order valence-corrected chi connectivity index (χ3v) is 8.75. The van der Waals surface area contributed by atoms with Crippen LogP contribution in [0.25, 0.3) is 17.0 Å². The number of benzene rings is 3. The second kappa shape index (κ2) is 15.3. The van der Waals surface area contributed by atoms with E-state index >= 15 is 0 Å². The van der Waals surface area contributed by atoms with Crippen LogP contribution in [-0.2, 0) is 21.7 Å². The number of fused-ring (bicyclic) bond motifs is 1. The van der Waals surface area contributed by atoms with Gasteiger partial charge in [-0.3, -0.25) is 4.90 Å². The smallest absolute Gasteiger partial charge is 0.422 e. The Bertz CT molecular complexity index is 1920. The van der Waals surface area contributed by atoms with Crippen molar-refractivity contribution in [2.75, 3.05) is 40.5 Å². The molecule has 3 aromatic carbocycles. The lowest BCUT2D eigenvalue weighted by molar-refractivity contribution is -0.272. The molecule has 270 valence electrons. The first kappa shape index (κ1) is 37.0. The third-order valence-electron chi connectivity index (χ3n) is 8.75. The highest BCUT2D eigenvalue weighted by Gasteiger charge is 2.57. The lowest BCUT2D eigenvalue weighted by Crippen LogP contribution is -2.53. The number of methoxy groups -OCH3 is 2. The largest absolute Gasteiger partial charge is 0.493 e. The van der Waals surface area contributed by atoms with Crippen molar-refractivity contribution in [3.05, 3.63) is 94.6 Å². The van der Waals surface area contributed by atoms with E-state index < -0.39 is 36.2 Å². The van der Waals surface area contributed by atoms with Crippen LogP contribution < -0.4 is 14.2 Å². The molecule has 0 amide bonds. The number of carboxylic acid groups (broad SMARTS) is 1. The number of piperidine rings is 1. The molecule has 1 aromatic heterocycles. The van der Waals surface area contributed by atoms with E-state index in [2.05, 4.69) is 0 Å². The normalized spacial score (nSPS) is 15.6. The van der Waals surface area contributed by atoms with Gasteiger partial charge in [0.1, 0.15) is 11.9 Å². The maximum atomic E-state index is 15.0. The van der Waals surface area contributed by atoms with E-state index in [0.717, 1.165) is 0 Å². The van der Waals surface area contributed by atoms with Crippen LogP contribution in [0.1, 0.15) is 42.0 Å². The number of rotatable bonds is 13. The number of hydrogen-bond acceptors (Lipinski definition) is 8. The van der Waals surface area contributed by atoms with Crippen molar-refractivity contribution in [1.82, 2.24) is 9.47 Å². The maximum absolute atomic E-state index is 15.0. The second-order valence-electron chi connectivity index (χ2n) is 12.1. The predicted octanol–water partition coefficient (Wildman–Crippen LogP) is 6.47. The molecule has 10 nitrogen and oxygen atoms in total. The molecular formula is C37H37F4N3O7. The summed E-state index contributed by atoms with van der Waals surface area (Å²) in [5, 5.41) is 30.7. The number of carbonyl (C=O) groups is 1. The summed E-state index contributed by atoms with van der Waals surface area (Å²) in [6.07, 6.45) is -2.30. The van der Waals surface area contributed by atoms with Gasteiger partial charge >= 0.3 is 12.1 Å². The molecular weight excluding hydrogens is 674 g/mol. The molecule has 4 aromatic rings.